The molecule has 0 atom stereocenters. The maximum absolute atomic E-state index is 12.6. The predicted molar refractivity (Wildman–Crippen MR) is 103 cm³/mol. The van der Waals surface area contributed by atoms with Crippen LogP contribution in [0.4, 0.5) is 0 Å². The lowest BCUT2D eigenvalue weighted by Crippen LogP contribution is -2.41. The number of ether oxygens (including phenoxy) is 2. The van der Waals surface area contributed by atoms with Gasteiger partial charge in [0.25, 0.3) is 0 Å². The van der Waals surface area contributed by atoms with E-state index >= 15 is 0 Å². The van der Waals surface area contributed by atoms with Crippen molar-refractivity contribution in [2.24, 2.45) is 0 Å². The molecule has 1 N–H and O–H groups in total. The first kappa shape index (κ1) is 19.5. The van der Waals surface area contributed by atoms with Crippen molar-refractivity contribution in [1.82, 2.24) is 10.2 Å². The number of benzene rings is 1. The fourth-order valence-corrected chi connectivity index (χ4v) is 4.05. The summed E-state index contributed by atoms with van der Waals surface area (Å²) in [6.07, 6.45) is 7.54. The number of carbonyl (C=O) groups is 2. The van der Waals surface area contributed by atoms with Gasteiger partial charge in [-0.25, -0.2) is 0 Å². The molecule has 0 bridgehead atoms. The molecule has 2 amide bonds. The van der Waals surface area contributed by atoms with E-state index in [0.29, 0.717) is 24.6 Å². The van der Waals surface area contributed by atoms with Crippen molar-refractivity contribution < 1.29 is 19.1 Å². The van der Waals surface area contributed by atoms with Crippen LogP contribution in [0.15, 0.2) is 12.1 Å². The van der Waals surface area contributed by atoms with Gasteiger partial charge in [0, 0.05) is 19.1 Å². The molecule has 1 aromatic carbocycles. The van der Waals surface area contributed by atoms with Crippen molar-refractivity contribution in [3.8, 4) is 11.5 Å². The number of rotatable bonds is 5. The summed E-state index contributed by atoms with van der Waals surface area (Å²) in [4.78, 5) is 26.7. The highest BCUT2D eigenvalue weighted by Crippen LogP contribution is 2.33. The van der Waals surface area contributed by atoms with Crippen LogP contribution >= 0.6 is 0 Å². The zero-order valence-electron chi connectivity index (χ0n) is 16.4. The highest BCUT2D eigenvalue weighted by molar-refractivity contribution is 5.97. The van der Waals surface area contributed by atoms with Crippen LogP contribution in [0.1, 0.15) is 56.1 Å². The third-order valence-corrected chi connectivity index (χ3v) is 5.60. The highest BCUT2D eigenvalue weighted by Gasteiger charge is 2.25. The summed E-state index contributed by atoms with van der Waals surface area (Å²) in [5.74, 6) is 1.11. The second kappa shape index (κ2) is 9.11. The van der Waals surface area contributed by atoms with Crippen molar-refractivity contribution in [3.63, 3.8) is 0 Å². The average Bonchev–Trinajstić information content (AvgIpc) is 2.94. The van der Waals surface area contributed by atoms with Gasteiger partial charge in [0.15, 0.2) is 11.5 Å². The molecular weight excluding hydrogens is 344 g/mol. The van der Waals surface area contributed by atoms with Gasteiger partial charge in [0.2, 0.25) is 11.8 Å². The second-order valence-electron chi connectivity index (χ2n) is 7.47. The van der Waals surface area contributed by atoms with Crippen LogP contribution in [0.3, 0.4) is 0 Å². The molecular formula is C21H30N2O4. The van der Waals surface area contributed by atoms with Crippen LogP contribution in [0.5, 0.6) is 11.5 Å². The second-order valence-corrected chi connectivity index (χ2v) is 7.47. The van der Waals surface area contributed by atoms with E-state index in [1.807, 2.05) is 12.1 Å². The fourth-order valence-electron chi connectivity index (χ4n) is 4.05. The van der Waals surface area contributed by atoms with Crippen LogP contribution in [0.2, 0.25) is 0 Å². The van der Waals surface area contributed by atoms with Crippen molar-refractivity contribution in [1.29, 1.82) is 0 Å². The van der Waals surface area contributed by atoms with Gasteiger partial charge in [0.05, 0.1) is 14.2 Å². The molecule has 3 rings (SSSR count). The van der Waals surface area contributed by atoms with Gasteiger partial charge >= 0.3 is 0 Å². The van der Waals surface area contributed by atoms with Crippen LogP contribution in [-0.4, -0.2) is 43.5 Å². The Morgan fingerprint density at radius 2 is 1.67 bits per heavy atom. The number of carbonyl (C=O) groups excluding carboxylic acids is 2. The molecule has 1 aliphatic heterocycles. The smallest absolute Gasteiger partial charge is 0.232 e. The topological polar surface area (TPSA) is 67.9 Å². The number of amides is 2. The normalized spacial score (nSPS) is 17.6. The molecule has 1 aliphatic carbocycles. The van der Waals surface area contributed by atoms with E-state index in [-0.39, 0.29) is 24.3 Å². The Labute approximate surface area is 161 Å². The maximum Gasteiger partial charge on any atom is 0.232 e. The minimum Gasteiger partial charge on any atom is -0.493 e. The summed E-state index contributed by atoms with van der Waals surface area (Å²) in [5, 5.41) is 3.06. The standard InChI is InChI=1S/C21H30N2O4/c1-26-18-11-15-9-10-23(14-16(15)12-19(18)27-2)21(25)13-20(24)22-17-7-5-3-4-6-8-17/h11-12,17H,3-10,13-14H2,1-2H3,(H,22,24). The zero-order chi connectivity index (χ0) is 19.2. The van der Waals surface area contributed by atoms with E-state index in [4.69, 9.17) is 9.47 Å². The van der Waals surface area contributed by atoms with E-state index in [1.165, 1.54) is 18.4 Å². The summed E-state index contributed by atoms with van der Waals surface area (Å²) < 4.78 is 10.7. The van der Waals surface area contributed by atoms with Crippen molar-refractivity contribution in [2.45, 2.75) is 64.0 Å². The first-order valence-corrected chi connectivity index (χ1v) is 9.91. The monoisotopic (exact) mass is 374 g/mol. The lowest BCUT2D eigenvalue weighted by molar-refractivity contribution is -0.137. The van der Waals surface area contributed by atoms with Gasteiger partial charge in [-0.15, -0.1) is 0 Å². The van der Waals surface area contributed by atoms with E-state index in [0.717, 1.165) is 37.7 Å². The zero-order valence-corrected chi connectivity index (χ0v) is 16.4. The van der Waals surface area contributed by atoms with Gasteiger partial charge in [-0.2, -0.15) is 0 Å². The fraction of sp³-hybridized carbons (Fsp3) is 0.619. The van der Waals surface area contributed by atoms with E-state index in [2.05, 4.69) is 5.32 Å². The Morgan fingerprint density at radius 3 is 2.30 bits per heavy atom. The molecule has 0 spiro atoms. The van der Waals surface area contributed by atoms with Crippen molar-refractivity contribution in [2.75, 3.05) is 20.8 Å². The molecule has 2 aliphatic rings. The Kier molecular flexibility index (Phi) is 6.58. The van der Waals surface area contributed by atoms with E-state index < -0.39 is 0 Å². The summed E-state index contributed by atoms with van der Waals surface area (Å²) in [5.41, 5.74) is 2.22. The first-order valence-electron chi connectivity index (χ1n) is 9.91. The Balaban J connectivity index is 1.57. The van der Waals surface area contributed by atoms with Crippen LogP contribution in [0, 0.1) is 0 Å². The van der Waals surface area contributed by atoms with Gasteiger partial charge in [-0.1, -0.05) is 25.7 Å². The number of hydrogen-bond donors (Lipinski definition) is 1. The number of nitrogens with zero attached hydrogens (tertiary/aromatic N) is 1. The largest absolute Gasteiger partial charge is 0.493 e. The Bertz CT molecular complexity index is 681. The SMILES string of the molecule is COc1cc2c(cc1OC)CN(C(=O)CC(=O)NC1CCCCCC1)CC2. The van der Waals surface area contributed by atoms with Crippen LogP contribution in [0.25, 0.3) is 0 Å². The van der Waals surface area contributed by atoms with E-state index in [9.17, 15) is 9.59 Å². The average molecular weight is 374 g/mol. The lowest BCUT2D eigenvalue weighted by Gasteiger charge is -2.29. The number of nitrogens with one attached hydrogen (secondary N) is 1. The Morgan fingerprint density at radius 1 is 1.04 bits per heavy atom. The molecule has 6 heteroatoms. The third-order valence-electron chi connectivity index (χ3n) is 5.60. The minimum absolute atomic E-state index is 0.0703. The van der Waals surface area contributed by atoms with E-state index in [1.54, 1.807) is 19.1 Å². The molecule has 148 valence electrons. The molecule has 1 fully saturated rings. The molecule has 0 unspecified atom stereocenters. The lowest BCUT2D eigenvalue weighted by atomic mass is 9.98. The van der Waals surface area contributed by atoms with Gasteiger partial charge < -0.3 is 19.7 Å². The molecule has 1 aromatic rings. The van der Waals surface area contributed by atoms with Crippen molar-refractivity contribution >= 4 is 11.8 Å². The molecule has 1 heterocycles. The van der Waals surface area contributed by atoms with Gasteiger partial charge in [-0.05, 0) is 42.5 Å². The Hall–Kier alpha value is -2.24. The van der Waals surface area contributed by atoms with Gasteiger partial charge in [0.1, 0.15) is 6.42 Å². The molecule has 27 heavy (non-hydrogen) atoms. The minimum atomic E-state index is -0.148. The number of fused-ring (bicyclic) bond motifs is 1. The quantitative estimate of drug-likeness (QED) is 0.636. The summed E-state index contributed by atoms with van der Waals surface area (Å²) >= 11 is 0. The number of methoxy groups -OCH3 is 2. The highest BCUT2D eigenvalue weighted by atomic mass is 16.5. The maximum atomic E-state index is 12.6. The molecule has 6 nitrogen and oxygen atoms in total. The van der Waals surface area contributed by atoms with Crippen LogP contribution in [-0.2, 0) is 22.6 Å². The number of hydrogen-bond acceptors (Lipinski definition) is 4. The van der Waals surface area contributed by atoms with Gasteiger partial charge in [-0.3, -0.25) is 9.59 Å². The van der Waals surface area contributed by atoms with Crippen molar-refractivity contribution in [3.05, 3.63) is 23.3 Å². The molecule has 0 radical (unpaired) electrons. The predicted octanol–water partition coefficient (Wildman–Crippen LogP) is 2.82. The van der Waals surface area contributed by atoms with Crippen LogP contribution < -0.4 is 14.8 Å². The molecule has 1 saturated carbocycles. The first-order chi connectivity index (χ1) is 13.1. The summed E-state index contributed by atoms with van der Waals surface area (Å²) in [6.45, 7) is 1.13. The summed E-state index contributed by atoms with van der Waals surface area (Å²) in [6, 6.07) is 4.14. The summed E-state index contributed by atoms with van der Waals surface area (Å²) in [7, 11) is 3.23. The third kappa shape index (κ3) is 4.93. The molecule has 0 saturated heterocycles. The molecule has 0 aromatic heterocycles.